The van der Waals surface area contributed by atoms with Gasteiger partial charge in [0.15, 0.2) is 0 Å². The Bertz CT molecular complexity index is 349. The predicted molar refractivity (Wildman–Crippen MR) is 76.9 cm³/mol. The van der Waals surface area contributed by atoms with Gasteiger partial charge in [0, 0.05) is 18.4 Å². The highest BCUT2D eigenvalue weighted by Gasteiger charge is 2.19. The third kappa shape index (κ3) is 6.14. The Labute approximate surface area is 116 Å². The van der Waals surface area contributed by atoms with E-state index in [9.17, 15) is 0 Å². The molecule has 0 saturated heterocycles. The largest absolute Gasteiger partial charge is 0.373 e. The van der Waals surface area contributed by atoms with Crippen LogP contribution in [0.2, 0.25) is 0 Å². The second kappa shape index (κ2) is 7.58. The Morgan fingerprint density at radius 2 is 1.84 bits per heavy atom. The first-order chi connectivity index (χ1) is 8.94. The molecule has 0 aliphatic carbocycles. The molecule has 0 spiro atoms. The summed E-state index contributed by atoms with van der Waals surface area (Å²) in [5.41, 5.74) is 7.06. The van der Waals surface area contributed by atoms with Crippen molar-refractivity contribution in [3.05, 3.63) is 30.1 Å². The molecule has 108 valence electrons. The number of pyridine rings is 1. The van der Waals surface area contributed by atoms with Crippen molar-refractivity contribution >= 4 is 0 Å². The fraction of sp³-hybridized carbons (Fsp3) is 0.667. The summed E-state index contributed by atoms with van der Waals surface area (Å²) < 4.78 is 11.5. The molecule has 1 aromatic rings. The van der Waals surface area contributed by atoms with Gasteiger partial charge in [-0.25, -0.2) is 0 Å². The Balaban J connectivity index is 2.52. The van der Waals surface area contributed by atoms with Gasteiger partial charge in [-0.3, -0.25) is 4.98 Å². The molecular formula is C15H26N2O2. The van der Waals surface area contributed by atoms with Crippen LogP contribution in [0.15, 0.2) is 24.5 Å². The van der Waals surface area contributed by atoms with Crippen molar-refractivity contribution in [3.63, 3.8) is 0 Å². The second-order valence-corrected chi connectivity index (χ2v) is 5.60. The molecule has 0 aliphatic heterocycles. The summed E-state index contributed by atoms with van der Waals surface area (Å²) in [6, 6.07) is 3.88. The lowest BCUT2D eigenvalue weighted by Gasteiger charge is -2.25. The van der Waals surface area contributed by atoms with Gasteiger partial charge >= 0.3 is 0 Å². The third-order valence-electron chi connectivity index (χ3n) is 2.81. The molecule has 4 nitrogen and oxygen atoms in total. The number of hydrogen-bond acceptors (Lipinski definition) is 4. The molecule has 0 aliphatic rings. The van der Waals surface area contributed by atoms with Gasteiger partial charge in [0.2, 0.25) is 0 Å². The van der Waals surface area contributed by atoms with Gasteiger partial charge in [-0.05, 0) is 44.9 Å². The molecule has 2 N–H and O–H groups in total. The van der Waals surface area contributed by atoms with Crippen LogP contribution in [-0.2, 0) is 9.47 Å². The first-order valence-electron chi connectivity index (χ1n) is 6.85. The van der Waals surface area contributed by atoms with E-state index in [1.165, 1.54) is 0 Å². The SMILES string of the molecule is CCC(N)C(OCCOC(C)(C)C)c1ccncc1. The van der Waals surface area contributed by atoms with E-state index in [-0.39, 0.29) is 17.7 Å². The molecule has 2 unspecified atom stereocenters. The van der Waals surface area contributed by atoms with Gasteiger partial charge in [-0.1, -0.05) is 6.92 Å². The molecule has 2 atom stereocenters. The first-order valence-corrected chi connectivity index (χ1v) is 6.85. The maximum atomic E-state index is 6.13. The lowest BCUT2D eigenvalue weighted by Crippen LogP contribution is -2.31. The molecular weight excluding hydrogens is 240 g/mol. The van der Waals surface area contributed by atoms with E-state index in [0.29, 0.717) is 13.2 Å². The summed E-state index contributed by atoms with van der Waals surface area (Å²) >= 11 is 0. The quantitative estimate of drug-likeness (QED) is 0.771. The summed E-state index contributed by atoms with van der Waals surface area (Å²) in [6.07, 6.45) is 4.30. The summed E-state index contributed by atoms with van der Waals surface area (Å²) in [4.78, 5) is 4.02. The smallest absolute Gasteiger partial charge is 0.0977 e. The molecule has 0 amide bonds. The van der Waals surface area contributed by atoms with Crippen molar-refractivity contribution < 1.29 is 9.47 Å². The number of nitrogens with two attached hydrogens (primary N) is 1. The van der Waals surface area contributed by atoms with Crippen LogP contribution in [0.4, 0.5) is 0 Å². The molecule has 4 heteroatoms. The van der Waals surface area contributed by atoms with Gasteiger partial charge in [0.1, 0.15) is 0 Å². The van der Waals surface area contributed by atoms with E-state index < -0.39 is 0 Å². The molecule has 0 aromatic carbocycles. The maximum absolute atomic E-state index is 6.13. The van der Waals surface area contributed by atoms with Gasteiger partial charge in [-0.15, -0.1) is 0 Å². The van der Waals surface area contributed by atoms with Crippen LogP contribution in [0, 0.1) is 0 Å². The average molecular weight is 266 g/mol. The molecule has 1 rings (SSSR count). The molecule has 0 saturated carbocycles. The zero-order chi connectivity index (χ0) is 14.3. The van der Waals surface area contributed by atoms with Gasteiger partial charge < -0.3 is 15.2 Å². The monoisotopic (exact) mass is 266 g/mol. The molecule has 0 fully saturated rings. The van der Waals surface area contributed by atoms with Crippen molar-refractivity contribution in [2.75, 3.05) is 13.2 Å². The molecule has 0 radical (unpaired) electrons. The van der Waals surface area contributed by atoms with Crippen LogP contribution in [0.1, 0.15) is 45.8 Å². The summed E-state index contributed by atoms with van der Waals surface area (Å²) in [5.74, 6) is 0. The van der Waals surface area contributed by atoms with Crippen LogP contribution in [0.25, 0.3) is 0 Å². The van der Waals surface area contributed by atoms with Crippen molar-refractivity contribution in [3.8, 4) is 0 Å². The van der Waals surface area contributed by atoms with E-state index in [0.717, 1.165) is 12.0 Å². The number of rotatable bonds is 7. The second-order valence-electron chi connectivity index (χ2n) is 5.60. The molecule has 19 heavy (non-hydrogen) atoms. The minimum atomic E-state index is -0.137. The normalized spacial score (nSPS) is 15.2. The Hall–Kier alpha value is -0.970. The van der Waals surface area contributed by atoms with Crippen LogP contribution in [-0.4, -0.2) is 29.8 Å². The van der Waals surface area contributed by atoms with Crippen molar-refractivity contribution in [2.24, 2.45) is 5.73 Å². The Morgan fingerprint density at radius 3 is 2.37 bits per heavy atom. The van der Waals surface area contributed by atoms with Crippen LogP contribution < -0.4 is 5.73 Å². The summed E-state index contributed by atoms with van der Waals surface area (Å²) in [5, 5.41) is 0. The third-order valence-corrected chi connectivity index (χ3v) is 2.81. The van der Waals surface area contributed by atoms with Crippen molar-refractivity contribution in [1.29, 1.82) is 0 Å². The number of aromatic nitrogens is 1. The lowest BCUT2D eigenvalue weighted by atomic mass is 10.0. The predicted octanol–water partition coefficient (Wildman–Crippen LogP) is 2.69. The van der Waals surface area contributed by atoms with E-state index in [1.54, 1.807) is 12.4 Å². The minimum absolute atomic E-state index is 0.0166. The zero-order valence-electron chi connectivity index (χ0n) is 12.4. The van der Waals surface area contributed by atoms with Crippen LogP contribution in [0.3, 0.4) is 0 Å². The average Bonchev–Trinajstić information content (AvgIpc) is 2.38. The Kier molecular flexibility index (Phi) is 6.42. The van der Waals surface area contributed by atoms with E-state index in [2.05, 4.69) is 11.9 Å². The molecule has 1 heterocycles. The highest BCUT2D eigenvalue weighted by atomic mass is 16.5. The van der Waals surface area contributed by atoms with Crippen molar-refractivity contribution in [1.82, 2.24) is 4.98 Å². The minimum Gasteiger partial charge on any atom is -0.373 e. The van der Waals surface area contributed by atoms with E-state index >= 15 is 0 Å². The van der Waals surface area contributed by atoms with Crippen molar-refractivity contribution in [2.45, 2.75) is 51.9 Å². The number of ether oxygens (including phenoxy) is 2. The van der Waals surface area contributed by atoms with Gasteiger partial charge in [0.25, 0.3) is 0 Å². The van der Waals surface area contributed by atoms with E-state index in [1.807, 2.05) is 32.9 Å². The van der Waals surface area contributed by atoms with Gasteiger partial charge in [-0.2, -0.15) is 0 Å². The first kappa shape index (κ1) is 16.1. The highest BCUT2D eigenvalue weighted by molar-refractivity contribution is 5.15. The molecule has 0 bridgehead atoms. The number of nitrogens with zero attached hydrogens (tertiary/aromatic N) is 1. The highest BCUT2D eigenvalue weighted by Crippen LogP contribution is 2.21. The fourth-order valence-corrected chi connectivity index (χ4v) is 1.76. The molecule has 1 aromatic heterocycles. The maximum Gasteiger partial charge on any atom is 0.0977 e. The summed E-state index contributed by atoms with van der Waals surface area (Å²) in [7, 11) is 0. The van der Waals surface area contributed by atoms with Gasteiger partial charge in [0.05, 0.1) is 24.9 Å². The lowest BCUT2D eigenvalue weighted by molar-refractivity contribution is -0.0570. The fourth-order valence-electron chi connectivity index (χ4n) is 1.76. The van der Waals surface area contributed by atoms with E-state index in [4.69, 9.17) is 15.2 Å². The van der Waals surface area contributed by atoms with Crippen LogP contribution >= 0.6 is 0 Å². The number of hydrogen-bond donors (Lipinski definition) is 1. The summed E-state index contributed by atoms with van der Waals surface area (Å²) in [6.45, 7) is 9.27. The Morgan fingerprint density at radius 1 is 1.21 bits per heavy atom. The topological polar surface area (TPSA) is 57.4 Å². The standard InChI is InChI=1S/C15H26N2O2/c1-5-13(16)14(12-6-8-17-9-7-12)18-10-11-19-15(2,3)4/h6-9,13-14H,5,10-11,16H2,1-4H3. The zero-order valence-corrected chi connectivity index (χ0v) is 12.4. The van der Waals surface area contributed by atoms with Crippen LogP contribution in [0.5, 0.6) is 0 Å².